The van der Waals surface area contributed by atoms with Crippen molar-refractivity contribution in [3.8, 4) is 0 Å². The normalized spacial score (nSPS) is 20.1. The number of hydrogen-bond acceptors (Lipinski definition) is 1. The van der Waals surface area contributed by atoms with Crippen LogP contribution < -0.4 is 5.32 Å². The topological polar surface area (TPSA) is 12.0 Å². The van der Waals surface area contributed by atoms with Crippen LogP contribution in [0.2, 0.25) is 10.0 Å². The lowest BCUT2D eigenvalue weighted by Gasteiger charge is -2.25. The van der Waals surface area contributed by atoms with Gasteiger partial charge in [-0.1, -0.05) is 41.4 Å². The summed E-state index contributed by atoms with van der Waals surface area (Å²) >= 11 is 12.4. The van der Waals surface area contributed by atoms with E-state index in [1.165, 1.54) is 11.3 Å². The van der Waals surface area contributed by atoms with E-state index in [2.05, 4.69) is 32.2 Å². The van der Waals surface area contributed by atoms with E-state index < -0.39 is 0 Å². The molecule has 1 unspecified atom stereocenters. The summed E-state index contributed by atoms with van der Waals surface area (Å²) in [6, 6.07) is 5.79. The molecule has 17 heavy (non-hydrogen) atoms. The van der Waals surface area contributed by atoms with Crippen molar-refractivity contribution in [1.29, 1.82) is 0 Å². The largest absolute Gasteiger partial charge is 0.363 e. The Morgan fingerprint density at radius 1 is 1.12 bits per heavy atom. The molecule has 90 valence electrons. The van der Waals surface area contributed by atoms with Crippen LogP contribution in [-0.2, 0) is 0 Å². The Kier molecular flexibility index (Phi) is 3.50. The van der Waals surface area contributed by atoms with Crippen molar-refractivity contribution in [2.75, 3.05) is 0 Å². The van der Waals surface area contributed by atoms with Gasteiger partial charge in [-0.3, -0.25) is 0 Å². The summed E-state index contributed by atoms with van der Waals surface area (Å²) in [5.74, 6) is 0.211. The number of nitrogens with one attached hydrogen (secondary N) is 1. The van der Waals surface area contributed by atoms with Crippen LogP contribution in [0.25, 0.3) is 0 Å². The van der Waals surface area contributed by atoms with Crippen molar-refractivity contribution in [1.82, 2.24) is 5.32 Å². The van der Waals surface area contributed by atoms with Gasteiger partial charge in [0, 0.05) is 17.3 Å². The van der Waals surface area contributed by atoms with Crippen LogP contribution in [0.1, 0.15) is 32.3 Å². The SMILES string of the molecule is CC1=CC(c2cccc(Cl)c2Cl)C(C)=C(C)N1. The van der Waals surface area contributed by atoms with Crippen molar-refractivity contribution in [3.05, 3.63) is 56.9 Å². The lowest BCUT2D eigenvalue weighted by molar-refractivity contribution is 0.820. The molecule has 0 aliphatic carbocycles. The fourth-order valence-corrected chi connectivity index (χ4v) is 2.55. The molecule has 0 aromatic heterocycles. The summed E-state index contributed by atoms with van der Waals surface area (Å²) in [6.07, 6.45) is 2.18. The number of benzene rings is 1. The zero-order chi connectivity index (χ0) is 12.6. The first-order chi connectivity index (χ1) is 8.00. The van der Waals surface area contributed by atoms with Gasteiger partial charge in [-0.15, -0.1) is 0 Å². The Bertz CT molecular complexity index is 515. The van der Waals surface area contributed by atoms with E-state index in [1.54, 1.807) is 0 Å². The van der Waals surface area contributed by atoms with Gasteiger partial charge in [-0.2, -0.15) is 0 Å². The van der Waals surface area contributed by atoms with E-state index in [9.17, 15) is 0 Å². The second-order valence-corrected chi connectivity index (χ2v) is 5.19. The minimum atomic E-state index is 0.211. The van der Waals surface area contributed by atoms with E-state index in [0.717, 1.165) is 11.3 Å². The van der Waals surface area contributed by atoms with E-state index in [4.69, 9.17) is 23.2 Å². The molecule has 1 heterocycles. The van der Waals surface area contributed by atoms with Gasteiger partial charge < -0.3 is 5.32 Å². The van der Waals surface area contributed by atoms with Crippen LogP contribution in [-0.4, -0.2) is 0 Å². The number of rotatable bonds is 1. The molecule has 1 aromatic carbocycles. The van der Waals surface area contributed by atoms with Crippen LogP contribution in [0.15, 0.2) is 41.2 Å². The van der Waals surface area contributed by atoms with E-state index in [1.807, 2.05) is 18.2 Å². The number of dihydropyridines is 1. The third-order valence-electron chi connectivity index (χ3n) is 3.18. The highest BCUT2D eigenvalue weighted by atomic mass is 35.5. The molecule has 0 saturated heterocycles. The zero-order valence-electron chi connectivity index (χ0n) is 10.1. The molecule has 1 aliphatic heterocycles. The van der Waals surface area contributed by atoms with Crippen molar-refractivity contribution in [2.24, 2.45) is 0 Å². The molecule has 1 N–H and O–H groups in total. The fraction of sp³-hybridized carbons (Fsp3) is 0.286. The smallest absolute Gasteiger partial charge is 0.0633 e. The molecule has 0 bridgehead atoms. The Morgan fingerprint density at radius 2 is 1.82 bits per heavy atom. The highest BCUT2D eigenvalue weighted by molar-refractivity contribution is 6.42. The number of halogens is 2. The first-order valence-electron chi connectivity index (χ1n) is 5.57. The van der Waals surface area contributed by atoms with Gasteiger partial charge in [0.15, 0.2) is 0 Å². The summed E-state index contributed by atoms with van der Waals surface area (Å²) in [5.41, 5.74) is 4.68. The third kappa shape index (κ3) is 2.36. The van der Waals surface area contributed by atoms with Crippen molar-refractivity contribution in [3.63, 3.8) is 0 Å². The van der Waals surface area contributed by atoms with Gasteiger partial charge in [0.25, 0.3) is 0 Å². The average molecular weight is 268 g/mol. The zero-order valence-corrected chi connectivity index (χ0v) is 11.7. The lowest BCUT2D eigenvalue weighted by Crippen LogP contribution is -2.18. The highest BCUT2D eigenvalue weighted by Gasteiger charge is 2.20. The van der Waals surface area contributed by atoms with E-state index in [-0.39, 0.29) is 5.92 Å². The predicted molar refractivity (Wildman–Crippen MR) is 74.5 cm³/mol. The quantitative estimate of drug-likeness (QED) is 0.765. The monoisotopic (exact) mass is 267 g/mol. The van der Waals surface area contributed by atoms with Gasteiger partial charge in [-0.25, -0.2) is 0 Å². The summed E-state index contributed by atoms with van der Waals surface area (Å²) in [7, 11) is 0. The molecule has 1 atom stereocenters. The van der Waals surface area contributed by atoms with Crippen molar-refractivity contribution >= 4 is 23.2 Å². The summed E-state index contributed by atoms with van der Waals surface area (Å²) < 4.78 is 0. The fourth-order valence-electron chi connectivity index (χ4n) is 2.13. The Morgan fingerprint density at radius 3 is 2.53 bits per heavy atom. The maximum Gasteiger partial charge on any atom is 0.0633 e. The predicted octanol–water partition coefficient (Wildman–Crippen LogP) is 4.88. The Hall–Kier alpha value is -0.920. The molecule has 1 aliphatic rings. The molecule has 0 fully saturated rings. The summed E-state index contributed by atoms with van der Waals surface area (Å²) in [6.45, 7) is 6.26. The third-order valence-corrected chi connectivity index (χ3v) is 4.01. The molecule has 0 radical (unpaired) electrons. The summed E-state index contributed by atoms with van der Waals surface area (Å²) in [5, 5.41) is 4.59. The highest BCUT2D eigenvalue weighted by Crippen LogP contribution is 2.37. The minimum absolute atomic E-state index is 0.211. The molecule has 2 rings (SSSR count). The molecule has 0 spiro atoms. The van der Waals surface area contributed by atoms with E-state index in [0.29, 0.717) is 10.0 Å². The first-order valence-corrected chi connectivity index (χ1v) is 6.33. The standard InChI is InChI=1S/C14H15Cl2N/c1-8-7-12(9(2)10(3)17-8)11-5-4-6-13(15)14(11)16/h4-7,12,17H,1-3H3. The van der Waals surface area contributed by atoms with Crippen LogP contribution in [0, 0.1) is 0 Å². The van der Waals surface area contributed by atoms with Crippen molar-refractivity contribution < 1.29 is 0 Å². The van der Waals surface area contributed by atoms with Gasteiger partial charge in [0.05, 0.1) is 10.0 Å². The lowest BCUT2D eigenvalue weighted by atomic mass is 9.88. The maximum absolute atomic E-state index is 6.28. The molecule has 0 saturated carbocycles. The van der Waals surface area contributed by atoms with Gasteiger partial charge in [0.1, 0.15) is 0 Å². The van der Waals surface area contributed by atoms with Crippen LogP contribution in [0.5, 0.6) is 0 Å². The van der Waals surface area contributed by atoms with Crippen molar-refractivity contribution in [2.45, 2.75) is 26.7 Å². The molecule has 0 amide bonds. The number of hydrogen-bond donors (Lipinski definition) is 1. The van der Waals surface area contributed by atoms with Crippen LogP contribution in [0.3, 0.4) is 0 Å². The second-order valence-electron chi connectivity index (χ2n) is 4.40. The van der Waals surface area contributed by atoms with E-state index >= 15 is 0 Å². The van der Waals surface area contributed by atoms with Gasteiger partial charge >= 0.3 is 0 Å². The molecule has 1 nitrogen and oxygen atoms in total. The molecule has 1 aromatic rings. The first kappa shape index (κ1) is 12.5. The number of allylic oxidation sites excluding steroid dienone is 4. The molecular weight excluding hydrogens is 253 g/mol. The maximum atomic E-state index is 6.28. The minimum Gasteiger partial charge on any atom is -0.363 e. The van der Waals surface area contributed by atoms with Gasteiger partial charge in [-0.05, 0) is 38.0 Å². The summed E-state index contributed by atoms with van der Waals surface area (Å²) in [4.78, 5) is 0. The van der Waals surface area contributed by atoms with Crippen LogP contribution >= 0.6 is 23.2 Å². The Labute approximate surface area is 112 Å². The van der Waals surface area contributed by atoms with Gasteiger partial charge in [0.2, 0.25) is 0 Å². The average Bonchev–Trinajstić information content (AvgIpc) is 2.27. The molecular formula is C14H15Cl2N. The Balaban J connectivity index is 2.52. The second kappa shape index (κ2) is 4.75. The molecule has 3 heteroatoms. The van der Waals surface area contributed by atoms with Crippen LogP contribution in [0.4, 0.5) is 0 Å².